The molecule has 0 saturated heterocycles. The molecule has 2 rings (SSSR count). The summed E-state index contributed by atoms with van der Waals surface area (Å²) in [6.07, 6.45) is 0. The normalized spacial score (nSPS) is 10.2. The van der Waals surface area contributed by atoms with Crippen LogP contribution >= 0.6 is 15.9 Å². The summed E-state index contributed by atoms with van der Waals surface area (Å²) in [5.74, 6) is 0.713. The monoisotopic (exact) mass is 348 g/mol. The van der Waals surface area contributed by atoms with E-state index >= 15 is 0 Å². The first-order valence-corrected chi connectivity index (χ1v) is 7.35. The number of nitrogen functional groups attached to an aromatic ring is 1. The number of nitrogens with zero attached hydrogens (tertiary/aromatic N) is 1. The highest BCUT2D eigenvalue weighted by Gasteiger charge is 2.12. The number of hydrogen-bond donors (Lipinski definition) is 1. The van der Waals surface area contributed by atoms with E-state index < -0.39 is 0 Å². The van der Waals surface area contributed by atoms with E-state index in [1.807, 2.05) is 30.3 Å². The molecule has 0 atom stereocenters. The van der Waals surface area contributed by atoms with Crippen molar-refractivity contribution >= 4 is 27.5 Å². The Morgan fingerprint density at radius 3 is 2.62 bits per heavy atom. The number of ether oxygens (including phenoxy) is 1. The van der Waals surface area contributed by atoms with Crippen LogP contribution in [-0.2, 0) is 0 Å². The molecular weight excluding hydrogens is 332 g/mol. The largest absolute Gasteiger partial charge is 0.492 e. The van der Waals surface area contributed by atoms with Gasteiger partial charge in [0.25, 0.3) is 5.91 Å². The summed E-state index contributed by atoms with van der Waals surface area (Å²) in [5, 5.41) is 0. The molecule has 2 aromatic rings. The van der Waals surface area contributed by atoms with Gasteiger partial charge in [-0.1, -0.05) is 34.1 Å². The zero-order valence-electron chi connectivity index (χ0n) is 11.8. The van der Waals surface area contributed by atoms with E-state index in [0.717, 1.165) is 10.2 Å². The average Bonchev–Trinajstić information content (AvgIpc) is 2.46. The van der Waals surface area contributed by atoms with Gasteiger partial charge in [-0.25, -0.2) is 0 Å². The first-order valence-electron chi connectivity index (χ1n) is 6.55. The summed E-state index contributed by atoms with van der Waals surface area (Å²) >= 11 is 3.34. The van der Waals surface area contributed by atoms with Crippen molar-refractivity contribution in [2.45, 2.75) is 0 Å². The van der Waals surface area contributed by atoms with Crippen molar-refractivity contribution in [3.63, 3.8) is 0 Å². The molecule has 0 heterocycles. The maximum Gasteiger partial charge on any atom is 0.253 e. The van der Waals surface area contributed by atoms with Gasteiger partial charge in [0.05, 0.1) is 6.54 Å². The number of rotatable bonds is 5. The number of anilines is 1. The highest BCUT2D eigenvalue weighted by molar-refractivity contribution is 9.10. The first kappa shape index (κ1) is 15.4. The van der Waals surface area contributed by atoms with Gasteiger partial charge in [0.15, 0.2) is 0 Å². The molecule has 0 aromatic heterocycles. The van der Waals surface area contributed by atoms with E-state index in [-0.39, 0.29) is 5.91 Å². The van der Waals surface area contributed by atoms with Crippen molar-refractivity contribution < 1.29 is 9.53 Å². The molecule has 0 saturated carbocycles. The van der Waals surface area contributed by atoms with Crippen molar-refractivity contribution in [1.29, 1.82) is 0 Å². The van der Waals surface area contributed by atoms with Crippen LogP contribution in [0.4, 0.5) is 5.69 Å². The minimum atomic E-state index is -0.0836. The lowest BCUT2D eigenvalue weighted by Gasteiger charge is -2.18. The molecule has 2 N–H and O–H groups in total. The van der Waals surface area contributed by atoms with Crippen LogP contribution in [0.1, 0.15) is 10.4 Å². The second kappa shape index (κ2) is 7.13. The minimum Gasteiger partial charge on any atom is -0.492 e. The van der Waals surface area contributed by atoms with Crippen LogP contribution in [0.25, 0.3) is 0 Å². The Balaban J connectivity index is 1.90. The Hall–Kier alpha value is -2.01. The second-order valence-electron chi connectivity index (χ2n) is 4.66. The highest BCUT2D eigenvalue weighted by atomic mass is 79.9. The van der Waals surface area contributed by atoms with Crippen molar-refractivity contribution in [1.82, 2.24) is 4.90 Å². The van der Waals surface area contributed by atoms with E-state index in [1.165, 1.54) is 0 Å². The number of halogens is 1. The molecule has 5 heteroatoms. The molecule has 0 radical (unpaired) electrons. The Bertz CT molecular complexity index is 597. The fourth-order valence-corrected chi connectivity index (χ4v) is 2.39. The first-order chi connectivity index (χ1) is 10.1. The quantitative estimate of drug-likeness (QED) is 0.844. The molecule has 2 aromatic carbocycles. The molecule has 4 nitrogen and oxygen atoms in total. The van der Waals surface area contributed by atoms with Crippen LogP contribution in [0.3, 0.4) is 0 Å². The van der Waals surface area contributed by atoms with Gasteiger partial charge in [-0.05, 0) is 30.3 Å². The highest BCUT2D eigenvalue weighted by Crippen LogP contribution is 2.18. The number of benzene rings is 2. The van der Waals surface area contributed by atoms with Crippen molar-refractivity contribution in [3.8, 4) is 5.75 Å². The predicted octanol–water partition coefficient (Wildman–Crippen LogP) is 3.18. The molecule has 0 aliphatic heterocycles. The molecule has 0 aliphatic rings. The smallest absolute Gasteiger partial charge is 0.253 e. The third-order valence-corrected chi connectivity index (χ3v) is 3.41. The summed E-state index contributed by atoms with van der Waals surface area (Å²) in [7, 11) is 1.74. The number of nitrogens with two attached hydrogens (primary N) is 1. The van der Waals surface area contributed by atoms with E-state index in [9.17, 15) is 4.79 Å². The summed E-state index contributed by atoms with van der Waals surface area (Å²) < 4.78 is 6.37. The van der Waals surface area contributed by atoms with Gasteiger partial charge in [-0.15, -0.1) is 0 Å². The average molecular weight is 349 g/mol. The van der Waals surface area contributed by atoms with Crippen molar-refractivity contribution in [2.24, 2.45) is 0 Å². The molecule has 1 amide bonds. The van der Waals surface area contributed by atoms with Gasteiger partial charge in [-0.3, -0.25) is 4.79 Å². The van der Waals surface area contributed by atoms with Gasteiger partial charge in [0.2, 0.25) is 0 Å². The number of hydrogen-bond acceptors (Lipinski definition) is 3. The third-order valence-electron chi connectivity index (χ3n) is 2.95. The molecule has 0 aliphatic carbocycles. The van der Waals surface area contributed by atoms with Crippen molar-refractivity contribution in [2.75, 3.05) is 25.9 Å². The lowest BCUT2D eigenvalue weighted by molar-refractivity contribution is 0.0774. The lowest BCUT2D eigenvalue weighted by atomic mass is 10.2. The van der Waals surface area contributed by atoms with Crippen LogP contribution in [-0.4, -0.2) is 31.0 Å². The molecule has 0 bridgehead atoms. The van der Waals surface area contributed by atoms with Gasteiger partial charge in [0.1, 0.15) is 12.4 Å². The van der Waals surface area contributed by atoms with E-state index in [1.54, 1.807) is 30.1 Å². The van der Waals surface area contributed by atoms with Crippen LogP contribution in [0.2, 0.25) is 0 Å². The maximum absolute atomic E-state index is 12.3. The Kier molecular flexibility index (Phi) is 5.22. The molecule has 0 unspecified atom stereocenters. The fourth-order valence-electron chi connectivity index (χ4n) is 1.87. The number of likely N-dealkylation sites (N-methyl/N-ethyl adjacent to an activating group) is 1. The topological polar surface area (TPSA) is 55.6 Å². The molecule has 0 fully saturated rings. The standard InChI is InChI=1S/C16H17BrN2O2/c1-19(7-8-21-15-5-3-2-4-6-15)16(20)12-9-13(17)11-14(18)10-12/h2-6,9-11H,7-8,18H2,1H3. The minimum absolute atomic E-state index is 0.0836. The summed E-state index contributed by atoms with van der Waals surface area (Å²) in [6.45, 7) is 0.940. The summed E-state index contributed by atoms with van der Waals surface area (Å²) in [6, 6.07) is 14.7. The van der Waals surface area contributed by atoms with E-state index in [4.69, 9.17) is 10.5 Å². The van der Waals surface area contributed by atoms with Gasteiger partial charge < -0.3 is 15.4 Å². The van der Waals surface area contributed by atoms with E-state index in [0.29, 0.717) is 24.4 Å². The number of carbonyl (C=O) groups is 1. The fraction of sp³-hybridized carbons (Fsp3) is 0.188. The number of carbonyl (C=O) groups excluding carboxylic acids is 1. The maximum atomic E-state index is 12.3. The molecular formula is C16H17BrN2O2. The van der Waals surface area contributed by atoms with Crippen LogP contribution in [0, 0.1) is 0 Å². The molecule has 110 valence electrons. The lowest BCUT2D eigenvalue weighted by Crippen LogP contribution is -2.30. The predicted molar refractivity (Wildman–Crippen MR) is 87.5 cm³/mol. The van der Waals surface area contributed by atoms with Crippen LogP contribution in [0.15, 0.2) is 53.0 Å². The number of amides is 1. The molecule has 0 spiro atoms. The van der Waals surface area contributed by atoms with E-state index in [2.05, 4.69) is 15.9 Å². The Labute approximate surface area is 132 Å². The summed E-state index contributed by atoms with van der Waals surface area (Å²) in [4.78, 5) is 13.9. The Morgan fingerprint density at radius 2 is 1.95 bits per heavy atom. The SMILES string of the molecule is CN(CCOc1ccccc1)C(=O)c1cc(N)cc(Br)c1. The second-order valence-corrected chi connectivity index (χ2v) is 5.58. The zero-order valence-corrected chi connectivity index (χ0v) is 13.3. The van der Waals surface area contributed by atoms with Crippen LogP contribution in [0.5, 0.6) is 5.75 Å². The third kappa shape index (κ3) is 4.49. The van der Waals surface area contributed by atoms with Gasteiger partial charge in [0, 0.05) is 22.8 Å². The van der Waals surface area contributed by atoms with Gasteiger partial charge in [-0.2, -0.15) is 0 Å². The molecule has 21 heavy (non-hydrogen) atoms. The Morgan fingerprint density at radius 1 is 1.24 bits per heavy atom. The van der Waals surface area contributed by atoms with Crippen LogP contribution < -0.4 is 10.5 Å². The van der Waals surface area contributed by atoms with Gasteiger partial charge >= 0.3 is 0 Å². The van der Waals surface area contributed by atoms with Crippen molar-refractivity contribution in [3.05, 3.63) is 58.6 Å². The zero-order chi connectivity index (χ0) is 15.2. The summed E-state index contributed by atoms with van der Waals surface area (Å²) in [5.41, 5.74) is 6.86. The number of para-hydroxylation sites is 1.